The molecule has 0 bridgehead atoms. The Morgan fingerprint density at radius 1 is 1.55 bits per heavy atom. The van der Waals surface area contributed by atoms with Gasteiger partial charge in [0.2, 0.25) is 0 Å². The van der Waals surface area contributed by atoms with Crippen molar-refractivity contribution in [1.29, 1.82) is 0 Å². The van der Waals surface area contributed by atoms with Crippen LogP contribution in [0.5, 0.6) is 0 Å². The van der Waals surface area contributed by atoms with E-state index >= 15 is 0 Å². The Morgan fingerprint density at radius 2 is 2.35 bits per heavy atom. The van der Waals surface area contributed by atoms with E-state index in [0.29, 0.717) is 22.6 Å². The van der Waals surface area contributed by atoms with E-state index < -0.39 is 0 Å². The molecule has 6 heteroatoms. The van der Waals surface area contributed by atoms with E-state index in [1.165, 1.54) is 23.5 Å². The van der Waals surface area contributed by atoms with E-state index in [0.717, 1.165) is 11.1 Å². The summed E-state index contributed by atoms with van der Waals surface area (Å²) in [7, 11) is 0. The minimum atomic E-state index is -0.355. The van der Waals surface area contributed by atoms with Crippen molar-refractivity contribution in [3.63, 3.8) is 0 Å². The van der Waals surface area contributed by atoms with Gasteiger partial charge in [-0.25, -0.2) is 4.39 Å². The first-order valence-electron chi connectivity index (χ1n) is 6.46. The molecule has 1 aliphatic heterocycles. The van der Waals surface area contributed by atoms with Crippen molar-refractivity contribution < 1.29 is 13.9 Å². The van der Waals surface area contributed by atoms with Gasteiger partial charge in [-0.05, 0) is 31.5 Å². The molecule has 2 aromatic rings. The number of benzene rings is 1. The Hall–Kier alpha value is -1.66. The molecule has 2 heterocycles. The van der Waals surface area contributed by atoms with Crippen LogP contribution in [-0.4, -0.2) is 24.7 Å². The average Bonchev–Trinajstić information content (AvgIpc) is 2.95. The summed E-state index contributed by atoms with van der Waals surface area (Å²) >= 11 is 1.28. The molecule has 2 atom stereocenters. The van der Waals surface area contributed by atoms with Gasteiger partial charge in [0, 0.05) is 16.7 Å². The van der Waals surface area contributed by atoms with Gasteiger partial charge in [0.15, 0.2) is 0 Å². The fourth-order valence-electron chi connectivity index (χ4n) is 2.41. The number of nitrogen functional groups attached to an aromatic ring is 1. The number of amides is 1. The number of halogens is 1. The molecule has 1 amide bonds. The Morgan fingerprint density at radius 3 is 3.05 bits per heavy atom. The van der Waals surface area contributed by atoms with Gasteiger partial charge >= 0.3 is 0 Å². The van der Waals surface area contributed by atoms with Crippen molar-refractivity contribution >= 4 is 33.0 Å². The molecular weight excluding hydrogens is 279 g/mol. The van der Waals surface area contributed by atoms with Crippen LogP contribution in [-0.2, 0) is 4.74 Å². The summed E-state index contributed by atoms with van der Waals surface area (Å²) in [4.78, 5) is 12.7. The van der Waals surface area contributed by atoms with Crippen LogP contribution in [0.1, 0.15) is 23.0 Å². The van der Waals surface area contributed by atoms with Gasteiger partial charge in [-0.1, -0.05) is 0 Å². The van der Waals surface area contributed by atoms with Gasteiger partial charge < -0.3 is 15.8 Å². The first kappa shape index (κ1) is 13.3. The highest BCUT2D eigenvalue weighted by Crippen LogP contribution is 2.34. The highest BCUT2D eigenvalue weighted by atomic mass is 32.1. The molecule has 3 rings (SSSR count). The molecule has 4 nitrogen and oxygen atoms in total. The number of rotatable bonds is 2. The number of ether oxygens (including phenoxy) is 1. The quantitative estimate of drug-likeness (QED) is 0.894. The normalized spacial score (nSPS) is 22.3. The maximum Gasteiger partial charge on any atom is 0.263 e. The molecule has 0 saturated carbocycles. The Bertz CT molecular complexity index is 670. The van der Waals surface area contributed by atoms with Gasteiger partial charge in [-0.3, -0.25) is 4.79 Å². The van der Waals surface area contributed by atoms with Gasteiger partial charge in [0.05, 0.1) is 17.8 Å². The summed E-state index contributed by atoms with van der Waals surface area (Å²) in [5, 5.41) is 3.53. The largest absolute Gasteiger partial charge is 0.397 e. The minimum absolute atomic E-state index is 0.00356. The fraction of sp³-hybridized carbons (Fsp3) is 0.357. The van der Waals surface area contributed by atoms with Crippen LogP contribution in [0.4, 0.5) is 10.1 Å². The topological polar surface area (TPSA) is 64.3 Å². The molecule has 1 fully saturated rings. The predicted molar refractivity (Wildman–Crippen MR) is 77.5 cm³/mol. The van der Waals surface area contributed by atoms with Crippen LogP contribution in [0.25, 0.3) is 10.1 Å². The molecule has 1 aliphatic rings. The lowest BCUT2D eigenvalue weighted by atomic mass is 10.1. The standard InChI is InChI=1S/C14H15FN2O2S/c1-7-10(4-5-19-7)17-14(18)13-12(16)9-6-8(15)2-3-11(9)20-13/h2-3,6-7,10H,4-5,16H2,1H3,(H,17,18). The van der Waals surface area contributed by atoms with Crippen LogP contribution in [0.3, 0.4) is 0 Å². The second-order valence-electron chi connectivity index (χ2n) is 4.93. The summed E-state index contributed by atoms with van der Waals surface area (Å²) < 4.78 is 19.5. The third kappa shape index (κ3) is 2.25. The molecule has 106 valence electrons. The lowest BCUT2D eigenvalue weighted by Crippen LogP contribution is -2.39. The number of nitrogens with one attached hydrogen (secondary N) is 1. The van der Waals surface area contributed by atoms with Gasteiger partial charge in [-0.15, -0.1) is 11.3 Å². The van der Waals surface area contributed by atoms with Crippen molar-refractivity contribution in [2.45, 2.75) is 25.5 Å². The smallest absolute Gasteiger partial charge is 0.263 e. The average molecular weight is 294 g/mol. The lowest BCUT2D eigenvalue weighted by molar-refractivity contribution is 0.0870. The Labute approximate surface area is 119 Å². The summed E-state index contributed by atoms with van der Waals surface area (Å²) in [5.74, 6) is -0.571. The maximum absolute atomic E-state index is 13.2. The number of fused-ring (bicyclic) bond motifs is 1. The number of carbonyl (C=O) groups excluding carboxylic acids is 1. The molecule has 2 unspecified atom stereocenters. The SMILES string of the molecule is CC1OCCC1NC(=O)c1sc2ccc(F)cc2c1N. The van der Waals surface area contributed by atoms with Crippen molar-refractivity contribution in [3.8, 4) is 0 Å². The predicted octanol–water partition coefficient (Wildman–Crippen LogP) is 2.53. The Kier molecular flexibility index (Phi) is 3.35. The molecule has 1 aromatic carbocycles. The molecule has 1 aromatic heterocycles. The molecule has 1 saturated heterocycles. The van der Waals surface area contributed by atoms with Crippen LogP contribution in [0.2, 0.25) is 0 Å². The Balaban J connectivity index is 1.89. The second-order valence-corrected chi connectivity index (χ2v) is 5.98. The summed E-state index contributed by atoms with van der Waals surface area (Å²) in [6.45, 7) is 2.58. The maximum atomic E-state index is 13.2. The first-order valence-corrected chi connectivity index (χ1v) is 7.28. The summed E-state index contributed by atoms with van der Waals surface area (Å²) in [5.41, 5.74) is 6.31. The number of carbonyl (C=O) groups is 1. The van der Waals surface area contributed by atoms with E-state index in [1.807, 2.05) is 6.92 Å². The van der Waals surface area contributed by atoms with Crippen LogP contribution < -0.4 is 11.1 Å². The monoisotopic (exact) mass is 294 g/mol. The van der Waals surface area contributed by atoms with Crippen molar-refractivity contribution in [2.75, 3.05) is 12.3 Å². The zero-order valence-electron chi connectivity index (χ0n) is 11.0. The van der Waals surface area contributed by atoms with Gasteiger partial charge in [0.25, 0.3) is 5.91 Å². The first-order chi connectivity index (χ1) is 9.56. The third-order valence-electron chi connectivity index (χ3n) is 3.59. The molecular formula is C14H15FN2O2S. The van der Waals surface area contributed by atoms with Crippen molar-refractivity contribution in [1.82, 2.24) is 5.32 Å². The number of anilines is 1. The van der Waals surface area contributed by atoms with E-state index in [2.05, 4.69) is 5.32 Å². The van der Waals surface area contributed by atoms with Gasteiger partial charge in [-0.2, -0.15) is 0 Å². The highest BCUT2D eigenvalue weighted by Gasteiger charge is 2.27. The number of hydrogen-bond donors (Lipinski definition) is 2. The second kappa shape index (κ2) is 5.03. The fourth-order valence-corrected chi connectivity index (χ4v) is 3.42. The van der Waals surface area contributed by atoms with E-state index in [4.69, 9.17) is 10.5 Å². The summed E-state index contributed by atoms with van der Waals surface area (Å²) in [6.07, 6.45) is 0.804. The molecule has 0 aliphatic carbocycles. The van der Waals surface area contributed by atoms with Crippen LogP contribution in [0, 0.1) is 5.82 Å². The van der Waals surface area contributed by atoms with Crippen molar-refractivity contribution in [3.05, 3.63) is 28.9 Å². The number of hydrogen-bond acceptors (Lipinski definition) is 4. The van der Waals surface area contributed by atoms with Gasteiger partial charge in [0.1, 0.15) is 10.7 Å². The van der Waals surface area contributed by atoms with E-state index in [-0.39, 0.29) is 23.9 Å². The lowest BCUT2D eigenvalue weighted by Gasteiger charge is -2.15. The van der Waals surface area contributed by atoms with Crippen molar-refractivity contribution in [2.24, 2.45) is 0 Å². The molecule has 0 spiro atoms. The third-order valence-corrected chi connectivity index (χ3v) is 4.77. The number of thiophene rings is 1. The molecule has 0 radical (unpaired) electrons. The number of nitrogens with two attached hydrogens (primary N) is 1. The molecule has 20 heavy (non-hydrogen) atoms. The van der Waals surface area contributed by atoms with Crippen LogP contribution in [0.15, 0.2) is 18.2 Å². The van der Waals surface area contributed by atoms with E-state index in [1.54, 1.807) is 6.07 Å². The summed E-state index contributed by atoms with van der Waals surface area (Å²) in [6, 6.07) is 4.37. The van der Waals surface area contributed by atoms with Crippen LogP contribution >= 0.6 is 11.3 Å². The highest BCUT2D eigenvalue weighted by molar-refractivity contribution is 7.21. The molecule has 3 N–H and O–H groups in total. The minimum Gasteiger partial charge on any atom is -0.397 e. The zero-order chi connectivity index (χ0) is 14.3. The van der Waals surface area contributed by atoms with E-state index in [9.17, 15) is 9.18 Å². The zero-order valence-corrected chi connectivity index (χ0v) is 11.8.